The monoisotopic (exact) mass is 296 g/mol. The molecule has 1 N–H and O–H groups in total. The van der Waals surface area contributed by atoms with Crippen molar-refractivity contribution >= 4 is 5.97 Å². The first-order valence-corrected chi connectivity index (χ1v) is 7.64. The summed E-state index contributed by atoms with van der Waals surface area (Å²) >= 11 is 0. The van der Waals surface area contributed by atoms with Crippen molar-refractivity contribution in [2.45, 2.75) is 38.6 Å². The Morgan fingerprint density at radius 3 is 2.90 bits per heavy atom. The second-order valence-corrected chi connectivity index (χ2v) is 5.39. The number of hydrogen-bond donors (Lipinski definition) is 1. The number of carboxylic acid groups (broad SMARTS) is 1. The second kappa shape index (κ2) is 8.09. The van der Waals surface area contributed by atoms with E-state index >= 15 is 0 Å². The van der Waals surface area contributed by atoms with Crippen molar-refractivity contribution in [1.82, 2.24) is 19.9 Å². The van der Waals surface area contributed by atoms with E-state index in [2.05, 4.69) is 15.2 Å². The third-order valence-corrected chi connectivity index (χ3v) is 3.74. The van der Waals surface area contributed by atoms with Crippen molar-refractivity contribution in [3.63, 3.8) is 0 Å². The van der Waals surface area contributed by atoms with E-state index in [-0.39, 0.29) is 0 Å². The molecule has 2 rings (SSSR count). The van der Waals surface area contributed by atoms with Gasteiger partial charge in [-0.2, -0.15) is 0 Å². The average molecular weight is 296 g/mol. The Morgan fingerprint density at radius 2 is 2.24 bits per heavy atom. The smallest absolute Gasteiger partial charge is 0.328 e. The lowest BCUT2D eigenvalue weighted by Crippen LogP contribution is -2.36. The zero-order valence-corrected chi connectivity index (χ0v) is 12.6. The maximum absolute atomic E-state index is 11.2. The molecule has 118 valence electrons. The van der Waals surface area contributed by atoms with Crippen LogP contribution in [0.15, 0.2) is 6.20 Å². The molecule has 0 aromatic carbocycles. The fourth-order valence-corrected chi connectivity index (χ4v) is 2.53. The lowest BCUT2D eigenvalue weighted by atomic mass is 10.2. The molecule has 7 nitrogen and oxygen atoms in total. The molecule has 1 saturated heterocycles. The number of nitrogens with zero attached hydrogens (tertiary/aromatic N) is 4. The van der Waals surface area contributed by atoms with Crippen molar-refractivity contribution < 1.29 is 14.6 Å². The molecule has 0 saturated carbocycles. The molecule has 0 aliphatic carbocycles. The summed E-state index contributed by atoms with van der Waals surface area (Å²) in [6, 6.07) is -0.601. The fraction of sp³-hybridized carbons (Fsp3) is 0.786. The SMILES string of the molecule is CCCC(C(=O)O)n1cc(CCCN2CCOCC2)nn1. The van der Waals surface area contributed by atoms with Crippen molar-refractivity contribution in [2.75, 3.05) is 32.8 Å². The van der Waals surface area contributed by atoms with E-state index in [9.17, 15) is 9.90 Å². The number of hydrogen-bond acceptors (Lipinski definition) is 5. The highest BCUT2D eigenvalue weighted by atomic mass is 16.5. The molecule has 7 heteroatoms. The number of aromatic nitrogens is 3. The van der Waals surface area contributed by atoms with Gasteiger partial charge in [-0.05, 0) is 25.8 Å². The van der Waals surface area contributed by atoms with Crippen LogP contribution in [0.5, 0.6) is 0 Å². The molecule has 1 fully saturated rings. The molecular formula is C14H24N4O3. The maximum Gasteiger partial charge on any atom is 0.328 e. The highest BCUT2D eigenvalue weighted by Gasteiger charge is 2.20. The van der Waals surface area contributed by atoms with Crippen LogP contribution in [0, 0.1) is 0 Å². The van der Waals surface area contributed by atoms with E-state index in [1.807, 2.05) is 6.92 Å². The standard InChI is InChI=1S/C14H24N4O3/c1-2-4-13(14(19)20)18-11-12(15-16-18)5-3-6-17-7-9-21-10-8-17/h11,13H,2-10H2,1H3,(H,19,20). The molecule has 1 aromatic rings. The van der Waals surface area contributed by atoms with Gasteiger partial charge in [0, 0.05) is 19.3 Å². The minimum Gasteiger partial charge on any atom is -0.480 e. The zero-order chi connectivity index (χ0) is 15.1. The summed E-state index contributed by atoms with van der Waals surface area (Å²) in [5.41, 5.74) is 0.866. The van der Waals surface area contributed by atoms with Gasteiger partial charge in [0.1, 0.15) is 0 Å². The first kappa shape index (κ1) is 15.9. The van der Waals surface area contributed by atoms with E-state index in [0.717, 1.165) is 57.8 Å². The van der Waals surface area contributed by atoms with Gasteiger partial charge < -0.3 is 9.84 Å². The van der Waals surface area contributed by atoms with Crippen LogP contribution in [-0.4, -0.2) is 63.8 Å². The number of carbonyl (C=O) groups is 1. The Kier molecular flexibility index (Phi) is 6.13. The van der Waals surface area contributed by atoms with Crippen LogP contribution in [-0.2, 0) is 16.0 Å². The van der Waals surface area contributed by atoms with Crippen LogP contribution >= 0.6 is 0 Å². The van der Waals surface area contributed by atoms with Gasteiger partial charge in [-0.25, -0.2) is 9.48 Å². The van der Waals surface area contributed by atoms with E-state index in [1.165, 1.54) is 4.68 Å². The Bertz CT molecular complexity index is 443. The number of aryl methyl sites for hydroxylation is 1. The van der Waals surface area contributed by atoms with E-state index < -0.39 is 12.0 Å². The second-order valence-electron chi connectivity index (χ2n) is 5.39. The van der Waals surface area contributed by atoms with Crippen molar-refractivity contribution in [1.29, 1.82) is 0 Å². The fourth-order valence-electron chi connectivity index (χ4n) is 2.53. The van der Waals surface area contributed by atoms with Crippen LogP contribution in [0.4, 0.5) is 0 Å². The lowest BCUT2D eigenvalue weighted by Gasteiger charge is -2.26. The quantitative estimate of drug-likeness (QED) is 0.770. The molecule has 0 spiro atoms. The number of carboxylic acids is 1. The molecule has 0 amide bonds. The zero-order valence-electron chi connectivity index (χ0n) is 12.6. The largest absolute Gasteiger partial charge is 0.480 e. The predicted octanol–water partition coefficient (Wildman–Crippen LogP) is 0.969. The number of ether oxygens (including phenoxy) is 1. The highest BCUT2D eigenvalue weighted by molar-refractivity contribution is 5.71. The topological polar surface area (TPSA) is 80.5 Å². The van der Waals surface area contributed by atoms with Gasteiger partial charge in [0.25, 0.3) is 0 Å². The predicted molar refractivity (Wildman–Crippen MR) is 77.2 cm³/mol. The van der Waals surface area contributed by atoms with E-state index in [1.54, 1.807) is 6.20 Å². The van der Waals surface area contributed by atoms with Gasteiger partial charge in [0.2, 0.25) is 0 Å². The summed E-state index contributed by atoms with van der Waals surface area (Å²) in [7, 11) is 0. The molecule has 1 aliphatic heterocycles. The Morgan fingerprint density at radius 1 is 1.48 bits per heavy atom. The third-order valence-electron chi connectivity index (χ3n) is 3.74. The maximum atomic E-state index is 11.2. The number of aliphatic carboxylic acids is 1. The van der Waals surface area contributed by atoms with Gasteiger partial charge in [-0.1, -0.05) is 18.6 Å². The summed E-state index contributed by atoms with van der Waals surface area (Å²) in [6.45, 7) is 6.60. The summed E-state index contributed by atoms with van der Waals surface area (Å²) in [5, 5.41) is 17.3. The minimum absolute atomic E-state index is 0.575. The molecule has 1 aromatic heterocycles. The van der Waals surface area contributed by atoms with Crippen LogP contribution in [0.2, 0.25) is 0 Å². The summed E-state index contributed by atoms with van der Waals surface area (Å²) in [5.74, 6) is -0.846. The molecule has 1 unspecified atom stereocenters. The van der Waals surface area contributed by atoms with E-state index in [0.29, 0.717) is 6.42 Å². The Labute approximate surface area is 124 Å². The highest BCUT2D eigenvalue weighted by Crippen LogP contribution is 2.13. The van der Waals surface area contributed by atoms with Gasteiger partial charge >= 0.3 is 5.97 Å². The molecule has 21 heavy (non-hydrogen) atoms. The summed E-state index contributed by atoms with van der Waals surface area (Å²) < 4.78 is 6.80. The average Bonchev–Trinajstić information content (AvgIpc) is 2.94. The van der Waals surface area contributed by atoms with Crippen LogP contribution in [0.25, 0.3) is 0 Å². The number of morpholine rings is 1. The first-order chi connectivity index (χ1) is 10.2. The van der Waals surface area contributed by atoms with Gasteiger partial charge in [-0.3, -0.25) is 4.90 Å². The molecule has 1 aliphatic rings. The van der Waals surface area contributed by atoms with Crippen LogP contribution < -0.4 is 0 Å². The van der Waals surface area contributed by atoms with Gasteiger partial charge in [0.15, 0.2) is 6.04 Å². The van der Waals surface area contributed by atoms with Crippen LogP contribution in [0.3, 0.4) is 0 Å². The number of rotatable bonds is 8. The molecule has 0 bridgehead atoms. The van der Waals surface area contributed by atoms with Crippen molar-refractivity contribution in [3.8, 4) is 0 Å². The summed E-state index contributed by atoms with van der Waals surface area (Å²) in [6.07, 6.45) is 4.99. The van der Waals surface area contributed by atoms with Crippen molar-refractivity contribution in [3.05, 3.63) is 11.9 Å². The molecule has 1 atom stereocenters. The molecule has 2 heterocycles. The van der Waals surface area contributed by atoms with Crippen molar-refractivity contribution in [2.24, 2.45) is 0 Å². The minimum atomic E-state index is -0.846. The summed E-state index contributed by atoms with van der Waals surface area (Å²) in [4.78, 5) is 13.6. The van der Waals surface area contributed by atoms with Gasteiger partial charge in [-0.15, -0.1) is 5.10 Å². The lowest BCUT2D eigenvalue weighted by molar-refractivity contribution is -0.141. The Balaban J connectivity index is 1.80. The van der Waals surface area contributed by atoms with Gasteiger partial charge in [0.05, 0.1) is 18.9 Å². The Hall–Kier alpha value is -1.47. The van der Waals surface area contributed by atoms with E-state index in [4.69, 9.17) is 4.74 Å². The van der Waals surface area contributed by atoms with Crippen LogP contribution in [0.1, 0.15) is 37.9 Å². The normalized spacial score (nSPS) is 17.8. The molecule has 0 radical (unpaired) electrons. The first-order valence-electron chi connectivity index (χ1n) is 7.64. The molecular weight excluding hydrogens is 272 g/mol. The third kappa shape index (κ3) is 4.78.